The molecule has 5 nitrogen and oxygen atoms in total. The van der Waals surface area contributed by atoms with Crippen molar-refractivity contribution in [3.05, 3.63) is 40.0 Å². The Morgan fingerprint density at radius 2 is 2.25 bits per heavy atom. The Labute approximate surface area is 125 Å². The van der Waals surface area contributed by atoms with Gasteiger partial charge in [-0.3, -0.25) is 0 Å². The number of rotatable bonds is 4. The third kappa shape index (κ3) is 3.06. The molecule has 0 N–H and O–H groups in total. The molecule has 1 aliphatic rings. The van der Waals surface area contributed by atoms with Crippen LogP contribution in [0.2, 0.25) is 10.0 Å². The van der Waals surface area contributed by atoms with E-state index in [4.69, 9.17) is 37.2 Å². The van der Waals surface area contributed by atoms with Crippen LogP contribution in [0.1, 0.15) is 24.1 Å². The molecule has 0 radical (unpaired) electrons. The molecule has 0 unspecified atom stereocenters. The normalized spacial score (nSPS) is 18.4. The van der Waals surface area contributed by atoms with Crippen LogP contribution in [0.5, 0.6) is 5.75 Å². The van der Waals surface area contributed by atoms with E-state index in [9.17, 15) is 0 Å². The van der Waals surface area contributed by atoms with Crippen molar-refractivity contribution in [3.63, 3.8) is 0 Å². The lowest BCUT2D eigenvalue weighted by Gasteiger charge is -2.05. The molecule has 1 fully saturated rings. The Hall–Kier alpha value is -1.30. The summed E-state index contributed by atoms with van der Waals surface area (Å²) in [7, 11) is 0. The SMILES string of the molecule is Clc1ccc(OCc2nc([C@H]3CCOC3)no2)c(Cl)c1. The maximum absolute atomic E-state index is 6.01. The van der Waals surface area contributed by atoms with E-state index in [1.165, 1.54) is 0 Å². The summed E-state index contributed by atoms with van der Waals surface area (Å²) in [5, 5.41) is 4.95. The number of halogens is 2. The molecule has 0 bridgehead atoms. The average molecular weight is 315 g/mol. The Balaban J connectivity index is 1.63. The minimum absolute atomic E-state index is 0.169. The van der Waals surface area contributed by atoms with E-state index in [0.29, 0.717) is 34.1 Å². The third-order valence-corrected chi connectivity index (χ3v) is 3.55. The van der Waals surface area contributed by atoms with Crippen LogP contribution in [0.15, 0.2) is 22.7 Å². The Kier molecular flexibility index (Phi) is 4.10. The van der Waals surface area contributed by atoms with E-state index in [-0.39, 0.29) is 12.5 Å². The van der Waals surface area contributed by atoms with Gasteiger partial charge in [0.1, 0.15) is 5.75 Å². The number of hydrogen-bond donors (Lipinski definition) is 0. The standard InChI is InChI=1S/C13H12Cl2N2O3/c14-9-1-2-11(10(15)5-9)19-7-12-16-13(17-20-12)8-3-4-18-6-8/h1-2,5,8H,3-4,6-7H2/t8-/m0/s1. The van der Waals surface area contributed by atoms with E-state index in [1.807, 2.05) is 0 Å². The summed E-state index contributed by atoms with van der Waals surface area (Å²) in [6.45, 7) is 1.55. The summed E-state index contributed by atoms with van der Waals surface area (Å²) >= 11 is 11.8. The lowest BCUT2D eigenvalue weighted by atomic mass is 10.1. The van der Waals surface area contributed by atoms with Gasteiger partial charge in [-0.15, -0.1) is 0 Å². The topological polar surface area (TPSA) is 57.4 Å². The van der Waals surface area contributed by atoms with Gasteiger partial charge in [-0.2, -0.15) is 4.98 Å². The molecule has 0 amide bonds. The van der Waals surface area contributed by atoms with E-state index in [0.717, 1.165) is 13.0 Å². The molecule has 2 aromatic rings. The number of benzene rings is 1. The summed E-state index contributed by atoms with van der Waals surface area (Å²) in [6.07, 6.45) is 0.919. The zero-order chi connectivity index (χ0) is 13.9. The number of aromatic nitrogens is 2. The van der Waals surface area contributed by atoms with Crippen LogP contribution in [-0.4, -0.2) is 23.4 Å². The molecule has 1 saturated heterocycles. The highest BCUT2D eigenvalue weighted by Gasteiger charge is 2.23. The molecule has 3 rings (SSSR count). The second-order valence-electron chi connectivity index (χ2n) is 4.47. The predicted molar refractivity (Wildman–Crippen MR) is 73.3 cm³/mol. The fraction of sp³-hybridized carbons (Fsp3) is 0.385. The molecule has 1 atom stereocenters. The van der Waals surface area contributed by atoms with Crippen molar-refractivity contribution < 1.29 is 14.0 Å². The smallest absolute Gasteiger partial charge is 0.264 e. The molecular formula is C13H12Cl2N2O3. The molecule has 1 aliphatic heterocycles. The maximum atomic E-state index is 6.01. The van der Waals surface area contributed by atoms with Crippen molar-refractivity contribution in [2.45, 2.75) is 18.9 Å². The van der Waals surface area contributed by atoms with Gasteiger partial charge in [-0.25, -0.2) is 0 Å². The lowest BCUT2D eigenvalue weighted by Crippen LogP contribution is -2.01. The van der Waals surface area contributed by atoms with Crippen LogP contribution >= 0.6 is 23.2 Å². The molecule has 2 heterocycles. The molecule has 0 saturated carbocycles. The van der Waals surface area contributed by atoms with Gasteiger partial charge in [-0.05, 0) is 24.6 Å². The van der Waals surface area contributed by atoms with Crippen molar-refractivity contribution >= 4 is 23.2 Å². The summed E-state index contributed by atoms with van der Waals surface area (Å²) < 4.78 is 16.0. The summed E-state index contributed by atoms with van der Waals surface area (Å²) in [4.78, 5) is 4.30. The summed E-state index contributed by atoms with van der Waals surface area (Å²) in [6, 6.07) is 5.03. The van der Waals surface area contributed by atoms with Gasteiger partial charge >= 0.3 is 0 Å². The van der Waals surface area contributed by atoms with Gasteiger partial charge < -0.3 is 14.0 Å². The first-order valence-corrected chi connectivity index (χ1v) is 6.96. The Morgan fingerprint density at radius 3 is 3.00 bits per heavy atom. The fourth-order valence-electron chi connectivity index (χ4n) is 1.96. The van der Waals surface area contributed by atoms with Crippen LogP contribution in [0.3, 0.4) is 0 Å². The number of nitrogens with zero attached hydrogens (tertiary/aromatic N) is 2. The second-order valence-corrected chi connectivity index (χ2v) is 5.31. The van der Waals surface area contributed by atoms with E-state index in [1.54, 1.807) is 18.2 Å². The highest BCUT2D eigenvalue weighted by molar-refractivity contribution is 6.35. The number of ether oxygens (including phenoxy) is 2. The molecular weight excluding hydrogens is 303 g/mol. The van der Waals surface area contributed by atoms with Crippen molar-refractivity contribution in [2.75, 3.05) is 13.2 Å². The summed E-state index contributed by atoms with van der Waals surface area (Å²) in [5.74, 6) is 1.83. The zero-order valence-electron chi connectivity index (χ0n) is 10.5. The molecule has 106 valence electrons. The monoisotopic (exact) mass is 314 g/mol. The first-order chi connectivity index (χ1) is 9.72. The maximum Gasteiger partial charge on any atom is 0.264 e. The van der Waals surface area contributed by atoms with E-state index in [2.05, 4.69) is 10.1 Å². The highest BCUT2D eigenvalue weighted by Crippen LogP contribution is 2.28. The van der Waals surface area contributed by atoms with Crippen LogP contribution < -0.4 is 4.74 Å². The van der Waals surface area contributed by atoms with Gasteiger partial charge in [0.05, 0.1) is 11.6 Å². The zero-order valence-corrected chi connectivity index (χ0v) is 12.0. The lowest BCUT2D eigenvalue weighted by molar-refractivity contribution is 0.192. The van der Waals surface area contributed by atoms with Crippen LogP contribution in [0, 0.1) is 0 Å². The van der Waals surface area contributed by atoms with E-state index < -0.39 is 0 Å². The average Bonchev–Trinajstić information content (AvgIpc) is 3.08. The van der Waals surface area contributed by atoms with Crippen molar-refractivity contribution in [2.24, 2.45) is 0 Å². The Bertz CT molecular complexity index is 597. The molecule has 1 aromatic carbocycles. The molecule has 0 aliphatic carbocycles. The summed E-state index contributed by atoms with van der Waals surface area (Å²) in [5.41, 5.74) is 0. The molecule has 20 heavy (non-hydrogen) atoms. The Morgan fingerprint density at radius 1 is 1.35 bits per heavy atom. The van der Waals surface area contributed by atoms with Gasteiger partial charge in [-0.1, -0.05) is 28.4 Å². The molecule has 0 spiro atoms. The van der Waals surface area contributed by atoms with E-state index >= 15 is 0 Å². The minimum Gasteiger partial charge on any atom is -0.482 e. The van der Waals surface area contributed by atoms with Gasteiger partial charge in [0.25, 0.3) is 5.89 Å². The number of hydrogen-bond acceptors (Lipinski definition) is 5. The fourth-order valence-corrected chi connectivity index (χ4v) is 2.43. The second kappa shape index (κ2) is 5.99. The van der Waals surface area contributed by atoms with Gasteiger partial charge in [0.2, 0.25) is 0 Å². The quantitative estimate of drug-likeness (QED) is 0.865. The van der Waals surface area contributed by atoms with Crippen molar-refractivity contribution in [1.82, 2.24) is 10.1 Å². The van der Waals surface area contributed by atoms with Gasteiger partial charge in [0, 0.05) is 17.5 Å². The van der Waals surface area contributed by atoms with Gasteiger partial charge in [0.15, 0.2) is 12.4 Å². The van der Waals surface area contributed by atoms with Crippen LogP contribution in [-0.2, 0) is 11.3 Å². The minimum atomic E-state index is 0.169. The van der Waals surface area contributed by atoms with Crippen LogP contribution in [0.25, 0.3) is 0 Å². The van der Waals surface area contributed by atoms with Crippen molar-refractivity contribution in [1.29, 1.82) is 0 Å². The first-order valence-electron chi connectivity index (χ1n) is 6.20. The van der Waals surface area contributed by atoms with Crippen LogP contribution in [0.4, 0.5) is 0 Å². The molecule has 7 heteroatoms. The molecule has 1 aromatic heterocycles. The third-order valence-electron chi connectivity index (χ3n) is 3.02. The predicted octanol–water partition coefficient (Wildman–Crippen LogP) is 3.46. The highest BCUT2D eigenvalue weighted by atomic mass is 35.5. The largest absolute Gasteiger partial charge is 0.482 e. The first kappa shape index (κ1) is 13.7. The van der Waals surface area contributed by atoms with Crippen molar-refractivity contribution in [3.8, 4) is 5.75 Å².